The molecule has 22 heavy (non-hydrogen) atoms. The second kappa shape index (κ2) is 4.65. The van der Waals surface area contributed by atoms with Crippen LogP contribution in [0.5, 0.6) is 0 Å². The monoisotopic (exact) mass is 314 g/mol. The number of hydrogen-bond acceptors (Lipinski definition) is 1. The molecule has 4 bridgehead atoms. The first-order chi connectivity index (χ1) is 10.3. The molecule has 1 aromatic rings. The van der Waals surface area contributed by atoms with E-state index < -0.39 is 18.3 Å². The van der Waals surface area contributed by atoms with Gasteiger partial charge in [0.1, 0.15) is 0 Å². The minimum atomic E-state index is -4.28. The standard InChI is InChI=1S/C16H21F3N2O/c1-21-12(7-16(17,18)19)14(20-15(21)22)13-10-3-8-2-9(5-10)6-11(13)4-8/h8-11,13H,2-7H2,1H3,(H,20,22). The van der Waals surface area contributed by atoms with E-state index >= 15 is 0 Å². The maximum absolute atomic E-state index is 12.9. The maximum Gasteiger partial charge on any atom is 0.394 e. The van der Waals surface area contributed by atoms with Crippen LogP contribution in [-0.2, 0) is 13.5 Å². The second-order valence-corrected chi connectivity index (χ2v) is 7.60. The average Bonchev–Trinajstić information content (AvgIpc) is 2.64. The van der Waals surface area contributed by atoms with Crippen LogP contribution in [-0.4, -0.2) is 15.7 Å². The summed E-state index contributed by atoms with van der Waals surface area (Å²) < 4.78 is 39.9. The fourth-order valence-electron chi connectivity index (χ4n) is 5.65. The molecule has 4 saturated carbocycles. The zero-order valence-electron chi connectivity index (χ0n) is 12.6. The van der Waals surface area contributed by atoms with Gasteiger partial charge < -0.3 is 4.98 Å². The van der Waals surface area contributed by atoms with Gasteiger partial charge in [-0.05, 0) is 55.8 Å². The summed E-state index contributed by atoms with van der Waals surface area (Å²) >= 11 is 0. The number of aromatic nitrogens is 2. The van der Waals surface area contributed by atoms with Gasteiger partial charge in [0.15, 0.2) is 0 Å². The lowest BCUT2D eigenvalue weighted by molar-refractivity contribution is -0.128. The number of halogens is 3. The van der Waals surface area contributed by atoms with E-state index in [1.165, 1.54) is 13.5 Å². The Balaban J connectivity index is 1.73. The maximum atomic E-state index is 12.9. The highest BCUT2D eigenvalue weighted by Crippen LogP contribution is 2.59. The van der Waals surface area contributed by atoms with Crippen LogP contribution < -0.4 is 5.69 Å². The van der Waals surface area contributed by atoms with Crippen LogP contribution in [0.4, 0.5) is 13.2 Å². The van der Waals surface area contributed by atoms with Crippen LogP contribution in [0, 0.1) is 23.7 Å². The largest absolute Gasteiger partial charge is 0.394 e. The molecule has 0 saturated heterocycles. The Labute approximate surface area is 126 Å². The van der Waals surface area contributed by atoms with E-state index in [0.717, 1.165) is 42.1 Å². The van der Waals surface area contributed by atoms with Crippen LogP contribution in [0.25, 0.3) is 0 Å². The van der Waals surface area contributed by atoms with Gasteiger partial charge in [0.05, 0.1) is 12.1 Å². The first kappa shape index (κ1) is 14.4. The Morgan fingerprint density at radius 3 is 2.14 bits per heavy atom. The number of nitrogens with zero attached hydrogens (tertiary/aromatic N) is 1. The highest BCUT2D eigenvalue weighted by Gasteiger charge is 2.50. The molecule has 0 aliphatic heterocycles. The van der Waals surface area contributed by atoms with Crippen LogP contribution >= 0.6 is 0 Å². The van der Waals surface area contributed by atoms with Crippen molar-refractivity contribution in [2.45, 2.75) is 50.6 Å². The predicted molar refractivity (Wildman–Crippen MR) is 75.6 cm³/mol. The van der Waals surface area contributed by atoms with Gasteiger partial charge in [0.2, 0.25) is 0 Å². The minimum absolute atomic E-state index is 0.124. The number of hydrogen-bond donors (Lipinski definition) is 1. The molecule has 3 nitrogen and oxygen atoms in total. The lowest BCUT2D eigenvalue weighted by Crippen LogP contribution is -2.44. The summed E-state index contributed by atoms with van der Waals surface area (Å²) in [6.45, 7) is 0. The molecular formula is C16H21F3N2O. The van der Waals surface area contributed by atoms with Gasteiger partial charge >= 0.3 is 11.9 Å². The molecule has 1 aromatic heterocycles. The summed E-state index contributed by atoms with van der Waals surface area (Å²) in [4.78, 5) is 14.7. The quantitative estimate of drug-likeness (QED) is 0.893. The molecule has 0 radical (unpaired) electrons. The van der Waals surface area contributed by atoms with Crippen molar-refractivity contribution in [3.8, 4) is 0 Å². The van der Waals surface area contributed by atoms with Crippen molar-refractivity contribution in [2.75, 3.05) is 0 Å². The highest BCUT2D eigenvalue weighted by atomic mass is 19.4. The molecule has 4 aliphatic rings. The number of nitrogens with one attached hydrogen (secondary N) is 1. The first-order valence-corrected chi connectivity index (χ1v) is 8.16. The third-order valence-electron chi connectivity index (χ3n) is 6.19. The van der Waals surface area contributed by atoms with Crippen molar-refractivity contribution in [3.63, 3.8) is 0 Å². The van der Waals surface area contributed by atoms with Crippen molar-refractivity contribution in [1.82, 2.24) is 9.55 Å². The predicted octanol–water partition coefficient (Wildman–Crippen LogP) is 3.36. The van der Waals surface area contributed by atoms with Gasteiger partial charge in [-0.2, -0.15) is 13.2 Å². The van der Waals surface area contributed by atoms with Crippen LogP contribution in [0.2, 0.25) is 0 Å². The summed E-state index contributed by atoms with van der Waals surface area (Å²) in [5.41, 5.74) is 0.316. The van der Waals surface area contributed by atoms with Crippen molar-refractivity contribution in [1.29, 1.82) is 0 Å². The first-order valence-electron chi connectivity index (χ1n) is 8.16. The van der Waals surface area contributed by atoms with E-state index in [2.05, 4.69) is 4.98 Å². The van der Waals surface area contributed by atoms with Gasteiger partial charge in [-0.3, -0.25) is 4.57 Å². The van der Waals surface area contributed by atoms with E-state index in [9.17, 15) is 18.0 Å². The minimum Gasteiger partial charge on any atom is -0.309 e. The number of imidazole rings is 1. The van der Waals surface area contributed by atoms with Crippen molar-refractivity contribution in [2.24, 2.45) is 30.7 Å². The molecule has 0 spiro atoms. The Morgan fingerprint density at radius 2 is 1.64 bits per heavy atom. The number of aromatic amines is 1. The molecule has 1 N–H and O–H groups in total. The molecule has 6 heteroatoms. The molecule has 0 atom stereocenters. The van der Waals surface area contributed by atoms with Gasteiger partial charge in [-0.15, -0.1) is 0 Å². The second-order valence-electron chi connectivity index (χ2n) is 7.60. The summed E-state index contributed by atoms with van der Waals surface area (Å²) in [6.07, 6.45) is 0.508. The molecule has 0 unspecified atom stereocenters. The van der Waals surface area contributed by atoms with Crippen molar-refractivity contribution in [3.05, 3.63) is 21.9 Å². The fourth-order valence-corrected chi connectivity index (χ4v) is 5.65. The van der Waals surface area contributed by atoms with Gasteiger partial charge in [-0.25, -0.2) is 4.79 Å². The molecule has 5 rings (SSSR count). The van der Waals surface area contributed by atoms with E-state index in [0.29, 0.717) is 17.5 Å². The van der Waals surface area contributed by atoms with Gasteiger partial charge in [0.25, 0.3) is 0 Å². The Morgan fingerprint density at radius 1 is 1.09 bits per heavy atom. The smallest absolute Gasteiger partial charge is 0.309 e. The number of alkyl halides is 3. The van der Waals surface area contributed by atoms with Crippen LogP contribution in [0.3, 0.4) is 0 Å². The lowest BCUT2D eigenvalue weighted by atomic mass is 9.51. The summed E-state index contributed by atoms with van der Waals surface area (Å²) in [5, 5.41) is 0. The number of rotatable bonds is 2. The Hall–Kier alpha value is -1.20. The molecule has 0 amide bonds. The molecule has 4 aliphatic carbocycles. The topological polar surface area (TPSA) is 37.8 Å². The van der Waals surface area contributed by atoms with Crippen molar-refractivity contribution >= 4 is 0 Å². The van der Waals surface area contributed by atoms with Crippen LogP contribution in [0.15, 0.2) is 4.79 Å². The molecule has 122 valence electrons. The zero-order valence-corrected chi connectivity index (χ0v) is 12.6. The molecule has 4 fully saturated rings. The number of H-pyrrole nitrogens is 1. The summed E-state index contributed by atoms with van der Waals surface area (Å²) in [5.74, 6) is 2.57. The van der Waals surface area contributed by atoms with E-state index in [4.69, 9.17) is 0 Å². The highest BCUT2D eigenvalue weighted by molar-refractivity contribution is 5.24. The third-order valence-corrected chi connectivity index (χ3v) is 6.19. The molecule has 0 aromatic carbocycles. The normalized spacial score (nSPS) is 37.0. The third kappa shape index (κ3) is 2.22. The van der Waals surface area contributed by atoms with E-state index in [1.54, 1.807) is 0 Å². The Kier molecular flexibility index (Phi) is 3.04. The van der Waals surface area contributed by atoms with E-state index in [-0.39, 0.29) is 11.6 Å². The van der Waals surface area contributed by atoms with E-state index in [1.807, 2.05) is 0 Å². The molecule has 1 heterocycles. The van der Waals surface area contributed by atoms with Gasteiger partial charge in [0, 0.05) is 18.7 Å². The molecular weight excluding hydrogens is 293 g/mol. The summed E-state index contributed by atoms with van der Waals surface area (Å²) in [7, 11) is 1.44. The zero-order chi connectivity index (χ0) is 15.6. The lowest BCUT2D eigenvalue weighted by Gasteiger charge is -2.54. The summed E-state index contributed by atoms with van der Waals surface area (Å²) in [6, 6.07) is 0. The Bertz CT molecular complexity index is 615. The SMILES string of the molecule is Cn1c(CC(F)(F)F)c(C2C3CC4CC(C3)CC2C4)[nH]c1=O. The average molecular weight is 314 g/mol. The van der Waals surface area contributed by atoms with Crippen LogP contribution in [0.1, 0.15) is 49.4 Å². The van der Waals surface area contributed by atoms with Crippen molar-refractivity contribution < 1.29 is 13.2 Å². The van der Waals surface area contributed by atoms with Gasteiger partial charge in [-0.1, -0.05) is 0 Å². The fraction of sp³-hybridized carbons (Fsp3) is 0.812.